The predicted octanol–water partition coefficient (Wildman–Crippen LogP) is 2.45. The van der Waals surface area contributed by atoms with Crippen LogP contribution in [0.4, 0.5) is 4.39 Å². The minimum atomic E-state index is -3.99. The van der Waals surface area contributed by atoms with Crippen molar-refractivity contribution in [3.63, 3.8) is 0 Å². The molecule has 0 radical (unpaired) electrons. The second-order valence-corrected chi connectivity index (χ2v) is 6.99. The molecule has 3 rings (SSSR count). The molecule has 0 saturated heterocycles. The molecule has 0 aliphatic carbocycles. The molecular formula is C12H9ClFN3O3S. The summed E-state index contributed by atoms with van der Waals surface area (Å²) < 4.78 is 43.1. The van der Waals surface area contributed by atoms with E-state index in [4.69, 9.17) is 15.2 Å². The Labute approximate surface area is 123 Å². The van der Waals surface area contributed by atoms with Crippen LogP contribution in [0.25, 0.3) is 10.9 Å². The molecule has 0 aliphatic heterocycles. The molecule has 0 N–H and O–H groups in total. The van der Waals surface area contributed by atoms with E-state index in [9.17, 15) is 12.8 Å². The fourth-order valence-corrected chi connectivity index (χ4v) is 3.16. The predicted molar refractivity (Wildman–Crippen MR) is 73.1 cm³/mol. The summed E-state index contributed by atoms with van der Waals surface area (Å²) in [5, 5.41) is 3.87. The van der Waals surface area contributed by atoms with Gasteiger partial charge in [0.2, 0.25) is 5.89 Å². The Morgan fingerprint density at radius 1 is 1.43 bits per heavy atom. The van der Waals surface area contributed by atoms with Crippen molar-refractivity contribution in [2.75, 3.05) is 0 Å². The Morgan fingerprint density at radius 3 is 2.81 bits per heavy atom. The molecule has 0 bridgehead atoms. The maximum Gasteiger partial charge on any atom is 0.263 e. The van der Waals surface area contributed by atoms with Gasteiger partial charge in [0, 0.05) is 22.3 Å². The number of aromatic nitrogens is 3. The first-order valence-corrected chi connectivity index (χ1v) is 8.18. The highest BCUT2D eigenvalue weighted by molar-refractivity contribution is 8.14. The van der Waals surface area contributed by atoms with E-state index < -0.39 is 14.9 Å². The highest BCUT2D eigenvalue weighted by Gasteiger charge is 2.20. The summed E-state index contributed by atoms with van der Waals surface area (Å²) in [6.45, 7) is 1.83. The van der Waals surface area contributed by atoms with Crippen LogP contribution in [-0.2, 0) is 15.6 Å². The van der Waals surface area contributed by atoms with E-state index in [1.807, 2.05) is 0 Å². The zero-order chi connectivity index (χ0) is 15.2. The van der Waals surface area contributed by atoms with Crippen molar-refractivity contribution in [1.82, 2.24) is 14.7 Å². The zero-order valence-electron chi connectivity index (χ0n) is 10.7. The van der Waals surface area contributed by atoms with Crippen molar-refractivity contribution in [2.24, 2.45) is 0 Å². The summed E-state index contributed by atoms with van der Waals surface area (Å²) >= 11 is 0. The van der Waals surface area contributed by atoms with Crippen molar-refractivity contribution in [2.45, 2.75) is 18.4 Å². The number of nitrogens with zero attached hydrogens (tertiary/aromatic N) is 3. The summed E-state index contributed by atoms with van der Waals surface area (Å²) in [5.41, 5.74) is 0.506. The largest absolute Gasteiger partial charge is 0.337 e. The van der Waals surface area contributed by atoms with Crippen molar-refractivity contribution in [3.05, 3.63) is 41.9 Å². The maximum atomic E-state index is 13.4. The van der Waals surface area contributed by atoms with Gasteiger partial charge in [0.15, 0.2) is 5.82 Å². The third-order valence-corrected chi connectivity index (χ3v) is 4.29. The van der Waals surface area contributed by atoms with Gasteiger partial charge in [-0.05, 0) is 25.1 Å². The van der Waals surface area contributed by atoms with Gasteiger partial charge in [-0.25, -0.2) is 12.8 Å². The summed E-state index contributed by atoms with van der Waals surface area (Å²) in [4.78, 5) is 3.89. The molecule has 9 heteroatoms. The molecular weight excluding hydrogens is 321 g/mol. The Morgan fingerprint density at radius 2 is 2.19 bits per heavy atom. The van der Waals surface area contributed by atoms with Crippen LogP contribution in [0, 0.1) is 12.7 Å². The van der Waals surface area contributed by atoms with Crippen LogP contribution >= 0.6 is 10.7 Å². The van der Waals surface area contributed by atoms with E-state index in [0.717, 1.165) is 6.07 Å². The molecule has 110 valence electrons. The SMILES string of the molecule is Cc1noc(Cn2cc(S(=O)(=O)Cl)c3cc(F)ccc32)n1. The third kappa shape index (κ3) is 2.64. The summed E-state index contributed by atoms with van der Waals surface area (Å²) in [5.74, 6) is 0.236. The van der Waals surface area contributed by atoms with Gasteiger partial charge in [-0.3, -0.25) is 0 Å². The van der Waals surface area contributed by atoms with Gasteiger partial charge in [0.05, 0.1) is 5.52 Å². The quantitative estimate of drug-likeness (QED) is 0.690. The second-order valence-electron chi connectivity index (χ2n) is 4.46. The fraction of sp³-hybridized carbons (Fsp3) is 0.167. The lowest BCUT2D eigenvalue weighted by molar-refractivity contribution is 0.369. The van der Waals surface area contributed by atoms with E-state index >= 15 is 0 Å². The molecule has 1 aromatic carbocycles. The van der Waals surface area contributed by atoms with Crippen molar-refractivity contribution in [3.8, 4) is 0 Å². The van der Waals surface area contributed by atoms with Gasteiger partial charge in [-0.15, -0.1) is 0 Å². The van der Waals surface area contributed by atoms with Gasteiger partial charge in [-0.1, -0.05) is 5.16 Å². The molecule has 2 aromatic heterocycles. The van der Waals surface area contributed by atoms with Crippen molar-refractivity contribution < 1.29 is 17.3 Å². The Hall–Kier alpha value is -1.93. The molecule has 3 aromatic rings. The van der Waals surface area contributed by atoms with Gasteiger partial charge in [-0.2, -0.15) is 4.98 Å². The second kappa shape index (κ2) is 4.81. The monoisotopic (exact) mass is 329 g/mol. The molecule has 0 aliphatic rings. The molecule has 0 fully saturated rings. The first-order valence-electron chi connectivity index (χ1n) is 5.87. The summed E-state index contributed by atoms with van der Waals surface area (Å²) in [7, 11) is 1.40. The summed E-state index contributed by atoms with van der Waals surface area (Å²) in [6.07, 6.45) is 1.33. The van der Waals surface area contributed by atoms with Crippen LogP contribution in [0.1, 0.15) is 11.7 Å². The third-order valence-electron chi connectivity index (χ3n) is 2.94. The average molecular weight is 330 g/mol. The minimum absolute atomic E-state index is 0.157. The van der Waals surface area contributed by atoms with Crippen LogP contribution in [0.5, 0.6) is 0 Å². The number of hydrogen-bond acceptors (Lipinski definition) is 5. The average Bonchev–Trinajstić information content (AvgIpc) is 2.93. The fourth-order valence-electron chi connectivity index (χ4n) is 2.11. The molecule has 0 amide bonds. The summed E-state index contributed by atoms with van der Waals surface area (Å²) in [6, 6.07) is 3.84. The smallest absolute Gasteiger partial charge is 0.263 e. The van der Waals surface area contributed by atoms with Crippen molar-refractivity contribution in [1.29, 1.82) is 0 Å². The number of benzene rings is 1. The lowest BCUT2D eigenvalue weighted by Crippen LogP contribution is -1.98. The minimum Gasteiger partial charge on any atom is -0.337 e. The number of aryl methyl sites for hydroxylation is 1. The first kappa shape index (κ1) is 14.0. The Balaban J connectivity index is 2.19. The van der Waals surface area contributed by atoms with Gasteiger partial charge >= 0.3 is 0 Å². The Kier molecular flexibility index (Phi) is 3.22. The normalized spacial score (nSPS) is 12.1. The first-order chi connectivity index (χ1) is 9.84. The highest BCUT2D eigenvalue weighted by atomic mass is 35.7. The van der Waals surface area contributed by atoms with E-state index in [2.05, 4.69) is 10.1 Å². The van der Waals surface area contributed by atoms with Gasteiger partial charge in [0.1, 0.15) is 17.3 Å². The van der Waals surface area contributed by atoms with Gasteiger partial charge in [0.25, 0.3) is 9.05 Å². The van der Waals surface area contributed by atoms with Crippen molar-refractivity contribution >= 4 is 30.6 Å². The molecule has 0 unspecified atom stereocenters. The lowest BCUT2D eigenvalue weighted by atomic mass is 10.2. The number of rotatable bonds is 3. The zero-order valence-corrected chi connectivity index (χ0v) is 12.3. The number of fused-ring (bicyclic) bond motifs is 1. The molecule has 0 atom stereocenters. The van der Waals surface area contributed by atoms with E-state index in [1.54, 1.807) is 11.5 Å². The van der Waals surface area contributed by atoms with Crippen LogP contribution in [0.3, 0.4) is 0 Å². The topological polar surface area (TPSA) is 78.0 Å². The van der Waals surface area contributed by atoms with E-state index in [-0.39, 0.29) is 16.8 Å². The number of hydrogen-bond donors (Lipinski definition) is 0. The van der Waals surface area contributed by atoms with Crippen LogP contribution in [0.2, 0.25) is 0 Å². The molecule has 0 spiro atoms. The maximum absolute atomic E-state index is 13.4. The molecule has 6 nitrogen and oxygen atoms in total. The standard InChI is InChI=1S/C12H9ClFN3O3S/c1-7-15-12(20-16-7)6-17-5-11(21(13,18)19)9-4-8(14)2-3-10(9)17/h2-5H,6H2,1H3. The molecule has 21 heavy (non-hydrogen) atoms. The number of halogens is 2. The lowest BCUT2D eigenvalue weighted by Gasteiger charge is -2.00. The molecule has 0 saturated carbocycles. The molecule has 2 heterocycles. The van der Waals surface area contributed by atoms with Crippen LogP contribution in [-0.4, -0.2) is 23.1 Å². The van der Waals surface area contributed by atoms with Gasteiger partial charge < -0.3 is 9.09 Å². The van der Waals surface area contributed by atoms with E-state index in [0.29, 0.717) is 17.2 Å². The van der Waals surface area contributed by atoms with Crippen LogP contribution in [0.15, 0.2) is 33.8 Å². The van der Waals surface area contributed by atoms with E-state index in [1.165, 1.54) is 18.3 Å². The van der Waals surface area contributed by atoms with Crippen LogP contribution < -0.4 is 0 Å². The highest BCUT2D eigenvalue weighted by Crippen LogP contribution is 2.29. The Bertz CT molecular complexity index is 933.